The highest BCUT2D eigenvalue weighted by atomic mass is 79.9. The molecular formula is C17H24BrN3O4. The summed E-state index contributed by atoms with van der Waals surface area (Å²) in [5.41, 5.74) is 3.12. The second-order valence-corrected chi connectivity index (χ2v) is 7.66. The van der Waals surface area contributed by atoms with Gasteiger partial charge in [0.25, 0.3) is 0 Å². The van der Waals surface area contributed by atoms with E-state index in [-0.39, 0.29) is 17.7 Å². The van der Waals surface area contributed by atoms with Gasteiger partial charge < -0.3 is 14.5 Å². The number of hydrogen-bond donors (Lipinski definition) is 1. The summed E-state index contributed by atoms with van der Waals surface area (Å²) in [6.07, 6.45) is 1.37. The lowest BCUT2D eigenvalue weighted by Crippen LogP contribution is -2.41. The molecule has 0 spiro atoms. The van der Waals surface area contributed by atoms with Gasteiger partial charge in [0, 0.05) is 20.1 Å². The van der Waals surface area contributed by atoms with Crippen molar-refractivity contribution in [2.45, 2.75) is 45.1 Å². The molecule has 7 nitrogen and oxygen atoms in total. The lowest BCUT2D eigenvalue weighted by atomic mass is 9.90. The SMILES string of the molecule is CNOC(=O)c1ccc(C2CCN(C(=O)OC(C)(C)C)CC2)c(Br)n1. The van der Waals surface area contributed by atoms with Crippen LogP contribution in [0, 0.1) is 0 Å². The average Bonchev–Trinajstić information content (AvgIpc) is 2.53. The van der Waals surface area contributed by atoms with E-state index in [0.29, 0.717) is 17.7 Å². The van der Waals surface area contributed by atoms with Crippen LogP contribution >= 0.6 is 15.9 Å². The van der Waals surface area contributed by atoms with Crippen LogP contribution in [0.15, 0.2) is 16.7 Å². The van der Waals surface area contributed by atoms with Crippen molar-refractivity contribution in [2.24, 2.45) is 0 Å². The van der Waals surface area contributed by atoms with Gasteiger partial charge in [0.1, 0.15) is 10.2 Å². The monoisotopic (exact) mass is 413 g/mol. The number of aromatic nitrogens is 1. The van der Waals surface area contributed by atoms with E-state index in [9.17, 15) is 9.59 Å². The van der Waals surface area contributed by atoms with Gasteiger partial charge in [-0.15, -0.1) is 0 Å². The van der Waals surface area contributed by atoms with Crippen LogP contribution in [-0.2, 0) is 9.57 Å². The van der Waals surface area contributed by atoms with E-state index in [1.54, 1.807) is 11.0 Å². The first-order valence-electron chi connectivity index (χ1n) is 8.23. The number of pyridine rings is 1. The zero-order valence-corrected chi connectivity index (χ0v) is 16.6. The van der Waals surface area contributed by atoms with Gasteiger partial charge in [0.05, 0.1) is 0 Å². The highest BCUT2D eigenvalue weighted by Gasteiger charge is 2.28. The van der Waals surface area contributed by atoms with Crippen molar-refractivity contribution >= 4 is 28.0 Å². The Hall–Kier alpha value is -1.67. The lowest BCUT2D eigenvalue weighted by Gasteiger charge is -2.33. The van der Waals surface area contributed by atoms with Gasteiger partial charge in [-0.05, 0) is 67.1 Å². The molecule has 0 atom stereocenters. The largest absolute Gasteiger partial charge is 0.444 e. The van der Waals surface area contributed by atoms with Crippen LogP contribution in [0.3, 0.4) is 0 Å². The topological polar surface area (TPSA) is 80.8 Å². The van der Waals surface area contributed by atoms with E-state index in [4.69, 9.17) is 9.57 Å². The molecular weight excluding hydrogens is 390 g/mol. The Kier molecular flexibility index (Phi) is 6.40. The molecule has 1 N–H and O–H groups in total. The van der Waals surface area contributed by atoms with Crippen molar-refractivity contribution in [1.29, 1.82) is 0 Å². The predicted molar refractivity (Wildman–Crippen MR) is 96.2 cm³/mol. The van der Waals surface area contributed by atoms with Crippen LogP contribution in [0.2, 0.25) is 0 Å². The fraction of sp³-hybridized carbons (Fsp3) is 0.588. The standard InChI is InChI=1S/C17H24BrN3O4/c1-17(2,3)24-16(23)21-9-7-11(8-10-21)12-5-6-13(20-14(12)18)15(22)25-19-4/h5-6,11,19H,7-10H2,1-4H3. The number of ether oxygens (including phenoxy) is 1. The third-order valence-electron chi connectivity index (χ3n) is 3.87. The number of amides is 1. The molecule has 1 aromatic rings. The first kappa shape index (κ1) is 19.7. The number of nitrogens with one attached hydrogen (secondary N) is 1. The number of hydroxylamine groups is 1. The van der Waals surface area contributed by atoms with Gasteiger partial charge in [-0.25, -0.2) is 14.6 Å². The van der Waals surface area contributed by atoms with E-state index in [1.807, 2.05) is 26.8 Å². The average molecular weight is 414 g/mol. The van der Waals surface area contributed by atoms with Crippen LogP contribution < -0.4 is 5.48 Å². The van der Waals surface area contributed by atoms with Crippen molar-refractivity contribution in [1.82, 2.24) is 15.4 Å². The van der Waals surface area contributed by atoms with Crippen LogP contribution in [-0.4, -0.2) is 47.7 Å². The normalized spacial score (nSPS) is 15.8. The van der Waals surface area contributed by atoms with E-state index in [0.717, 1.165) is 18.4 Å². The number of hydrogen-bond acceptors (Lipinski definition) is 6. The molecule has 138 valence electrons. The fourth-order valence-electron chi connectivity index (χ4n) is 2.71. The van der Waals surface area contributed by atoms with Crippen LogP contribution in [0.5, 0.6) is 0 Å². The molecule has 0 aromatic carbocycles. The summed E-state index contributed by atoms with van der Waals surface area (Å²) in [6, 6.07) is 3.54. The molecule has 0 bridgehead atoms. The molecule has 2 rings (SSSR count). The highest BCUT2D eigenvalue weighted by Crippen LogP contribution is 2.32. The highest BCUT2D eigenvalue weighted by molar-refractivity contribution is 9.10. The molecule has 0 radical (unpaired) electrons. The minimum atomic E-state index is -0.533. The van der Waals surface area contributed by atoms with E-state index < -0.39 is 11.6 Å². The number of carbonyl (C=O) groups is 2. The van der Waals surface area contributed by atoms with Gasteiger partial charge in [-0.1, -0.05) is 6.07 Å². The Morgan fingerprint density at radius 3 is 2.44 bits per heavy atom. The zero-order valence-electron chi connectivity index (χ0n) is 15.0. The fourth-order valence-corrected chi connectivity index (χ4v) is 3.35. The zero-order chi connectivity index (χ0) is 18.6. The number of piperidine rings is 1. The minimum absolute atomic E-state index is 0.233. The van der Waals surface area contributed by atoms with Crippen molar-refractivity contribution in [3.63, 3.8) is 0 Å². The quantitative estimate of drug-likeness (QED) is 0.604. The Labute approximate surface area is 156 Å². The van der Waals surface area contributed by atoms with Gasteiger partial charge in [-0.3, -0.25) is 0 Å². The summed E-state index contributed by atoms with van der Waals surface area (Å²) in [4.78, 5) is 34.5. The predicted octanol–water partition coefficient (Wildman–Crippen LogP) is 3.25. The lowest BCUT2D eigenvalue weighted by molar-refractivity contribution is 0.0203. The molecule has 1 aromatic heterocycles. The van der Waals surface area contributed by atoms with Crippen molar-refractivity contribution < 1.29 is 19.2 Å². The summed E-state index contributed by atoms with van der Waals surface area (Å²) < 4.78 is 6.05. The number of nitrogens with zero attached hydrogens (tertiary/aromatic N) is 2. The molecule has 8 heteroatoms. The third kappa shape index (κ3) is 5.40. The van der Waals surface area contributed by atoms with Gasteiger partial charge in [0.2, 0.25) is 0 Å². The summed E-state index contributed by atoms with van der Waals surface area (Å²) in [7, 11) is 1.51. The Morgan fingerprint density at radius 1 is 1.28 bits per heavy atom. The summed E-state index contributed by atoms with van der Waals surface area (Å²) >= 11 is 3.44. The van der Waals surface area contributed by atoms with E-state index in [2.05, 4.69) is 26.4 Å². The Balaban J connectivity index is 1.99. The second kappa shape index (κ2) is 8.14. The van der Waals surface area contributed by atoms with E-state index >= 15 is 0 Å². The Morgan fingerprint density at radius 2 is 1.92 bits per heavy atom. The minimum Gasteiger partial charge on any atom is -0.444 e. The third-order valence-corrected chi connectivity index (χ3v) is 4.50. The smallest absolute Gasteiger partial charge is 0.410 e. The summed E-state index contributed by atoms with van der Waals surface area (Å²) in [5, 5.41) is 0. The molecule has 2 heterocycles. The van der Waals surface area contributed by atoms with Crippen molar-refractivity contribution in [3.8, 4) is 0 Å². The summed E-state index contributed by atoms with van der Waals surface area (Å²) in [5.74, 6) is -0.260. The molecule has 0 unspecified atom stereocenters. The van der Waals surface area contributed by atoms with Gasteiger partial charge in [0.15, 0.2) is 5.69 Å². The van der Waals surface area contributed by atoms with Crippen LogP contribution in [0.4, 0.5) is 4.79 Å². The molecule has 0 saturated carbocycles. The van der Waals surface area contributed by atoms with Crippen LogP contribution in [0.25, 0.3) is 0 Å². The Bertz CT molecular complexity index is 637. The van der Waals surface area contributed by atoms with Gasteiger partial charge in [-0.2, -0.15) is 5.48 Å². The first-order chi connectivity index (χ1) is 11.7. The maximum absolute atomic E-state index is 12.1. The first-order valence-corrected chi connectivity index (χ1v) is 9.03. The maximum atomic E-state index is 12.1. The van der Waals surface area contributed by atoms with E-state index in [1.165, 1.54) is 7.05 Å². The molecule has 1 fully saturated rings. The molecule has 0 aliphatic carbocycles. The molecule has 1 aliphatic rings. The van der Waals surface area contributed by atoms with Crippen molar-refractivity contribution in [3.05, 3.63) is 28.0 Å². The number of carbonyl (C=O) groups excluding carboxylic acids is 2. The van der Waals surface area contributed by atoms with Gasteiger partial charge >= 0.3 is 12.1 Å². The number of rotatable bonds is 3. The van der Waals surface area contributed by atoms with Crippen LogP contribution in [0.1, 0.15) is 55.6 Å². The molecule has 25 heavy (non-hydrogen) atoms. The van der Waals surface area contributed by atoms with Crippen molar-refractivity contribution in [2.75, 3.05) is 20.1 Å². The second-order valence-electron chi connectivity index (χ2n) is 6.91. The molecule has 1 aliphatic heterocycles. The molecule has 1 saturated heterocycles. The summed E-state index contributed by atoms with van der Waals surface area (Å²) in [6.45, 7) is 6.86. The molecule has 1 amide bonds. The number of halogens is 1. The maximum Gasteiger partial charge on any atom is 0.410 e. The number of likely N-dealkylation sites (tertiary alicyclic amines) is 1.